The summed E-state index contributed by atoms with van der Waals surface area (Å²) in [7, 11) is 0. The van der Waals surface area contributed by atoms with Crippen molar-refractivity contribution in [3.8, 4) is 0 Å². The molecule has 4 heteroatoms. The summed E-state index contributed by atoms with van der Waals surface area (Å²) in [6.45, 7) is 1.92. The summed E-state index contributed by atoms with van der Waals surface area (Å²) < 4.78 is 5.82. The van der Waals surface area contributed by atoms with Crippen molar-refractivity contribution in [1.82, 2.24) is 0 Å². The van der Waals surface area contributed by atoms with Crippen molar-refractivity contribution >= 4 is 21.9 Å². The number of unbranched alkanes of at least 4 members (excludes halogenated alkanes) is 23. The standard InChI is InChI=1S/C30H59BrO3/c31-27-23-19-15-11-7-3-1-4-8-12-16-20-24-28-34-29-25-21-17-13-9-5-2-6-10-14-18-22-26-30(32)33/h1-29H2,(H,32,33). The monoisotopic (exact) mass is 546 g/mol. The van der Waals surface area contributed by atoms with Crippen molar-refractivity contribution in [1.29, 1.82) is 0 Å². The normalized spacial score (nSPS) is 11.3. The molecular weight excluding hydrogens is 488 g/mol. The first kappa shape index (κ1) is 33.9. The first-order valence-corrected chi connectivity index (χ1v) is 16.2. The van der Waals surface area contributed by atoms with Crippen molar-refractivity contribution < 1.29 is 14.6 Å². The maximum atomic E-state index is 10.4. The minimum absolute atomic E-state index is 0.337. The Morgan fingerprint density at radius 2 is 0.706 bits per heavy atom. The van der Waals surface area contributed by atoms with Crippen LogP contribution in [-0.2, 0) is 9.53 Å². The largest absolute Gasteiger partial charge is 0.481 e. The Balaban J connectivity index is 3.01. The fourth-order valence-electron chi connectivity index (χ4n) is 4.59. The molecule has 0 aliphatic heterocycles. The summed E-state index contributed by atoms with van der Waals surface area (Å²) in [5, 5.41) is 9.78. The molecule has 0 aliphatic carbocycles. The van der Waals surface area contributed by atoms with Crippen LogP contribution in [-0.4, -0.2) is 29.6 Å². The third kappa shape index (κ3) is 31.9. The maximum Gasteiger partial charge on any atom is 0.303 e. The number of aliphatic carboxylic acids is 1. The van der Waals surface area contributed by atoms with E-state index < -0.39 is 5.97 Å². The van der Waals surface area contributed by atoms with Crippen LogP contribution in [0.4, 0.5) is 0 Å². The van der Waals surface area contributed by atoms with Crippen LogP contribution in [0.15, 0.2) is 0 Å². The summed E-state index contributed by atoms with van der Waals surface area (Å²) in [6, 6.07) is 0. The molecular formula is C30H59BrO3. The molecule has 0 bridgehead atoms. The molecule has 34 heavy (non-hydrogen) atoms. The lowest BCUT2D eigenvalue weighted by Gasteiger charge is -2.05. The van der Waals surface area contributed by atoms with Gasteiger partial charge in [0.1, 0.15) is 0 Å². The predicted molar refractivity (Wildman–Crippen MR) is 152 cm³/mol. The van der Waals surface area contributed by atoms with Crippen LogP contribution in [0.5, 0.6) is 0 Å². The van der Waals surface area contributed by atoms with Gasteiger partial charge >= 0.3 is 5.97 Å². The number of ether oxygens (including phenoxy) is 1. The molecule has 0 aliphatic rings. The molecule has 0 spiro atoms. The number of halogens is 1. The number of hydrogen-bond acceptors (Lipinski definition) is 2. The second-order valence-corrected chi connectivity index (χ2v) is 11.1. The SMILES string of the molecule is O=C(O)CCCCCCCCCCCCCCOCCCCCCCCCCCCCCCBr. The van der Waals surface area contributed by atoms with Crippen LogP contribution in [0.2, 0.25) is 0 Å². The molecule has 0 saturated heterocycles. The van der Waals surface area contributed by atoms with Crippen molar-refractivity contribution in [2.24, 2.45) is 0 Å². The topological polar surface area (TPSA) is 46.5 Å². The Morgan fingerprint density at radius 1 is 0.441 bits per heavy atom. The van der Waals surface area contributed by atoms with Gasteiger partial charge in [-0.25, -0.2) is 0 Å². The zero-order valence-electron chi connectivity index (χ0n) is 22.6. The average Bonchev–Trinajstić information content (AvgIpc) is 2.83. The van der Waals surface area contributed by atoms with E-state index in [9.17, 15) is 4.79 Å². The van der Waals surface area contributed by atoms with Crippen molar-refractivity contribution in [2.45, 2.75) is 167 Å². The molecule has 0 amide bonds. The van der Waals surface area contributed by atoms with Gasteiger partial charge in [0.05, 0.1) is 0 Å². The number of carboxylic acid groups (broad SMARTS) is 1. The molecule has 0 radical (unpaired) electrons. The lowest BCUT2D eigenvalue weighted by atomic mass is 10.0. The van der Waals surface area contributed by atoms with Crippen LogP contribution in [0.25, 0.3) is 0 Å². The lowest BCUT2D eigenvalue weighted by Crippen LogP contribution is -1.97. The van der Waals surface area contributed by atoms with E-state index >= 15 is 0 Å². The quantitative estimate of drug-likeness (QED) is 0.0719. The molecule has 0 aromatic rings. The van der Waals surface area contributed by atoms with Gasteiger partial charge < -0.3 is 9.84 Å². The van der Waals surface area contributed by atoms with Gasteiger partial charge in [-0.1, -0.05) is 151 Å². The fraction of sp³-hybridized carbons (Fsp3) is 0.967. The van der Waals surface area contributed by atoms with E-state index in [1.807, 2.05) is 0 Å². The lowest BCUT2D eigenvalue weighted by molar-refractivity contribution is -0.137. The molecule has 0 unspecified atom stereocenters. The summed E-state index contributed by atoms with van der Waals surface area (Å²) in [6.07, 6.45) is 33.6. The van der Waals surface area contributed by atoms with Crippen molar-refractivity contribution in [3.05, 3.63) is 0 Å². The van der Waals surface area contributed by atoms with Crippen LogP contribution in [0, 0.1) is 0 Å². The number of alkyl halides is 1. The average molecular weight is 548 g/mol. The Kier molecular flexibility index (Phi) is 30.9. The Bertz CT molecular complexity index is 389. The van der Waals surface area contributed by atoms with Gasteiger partial charge in [-0.2, -0.15) is 0 Å². The van der Waals surface area contributed by atoms with E-state index in [4.69, 9.17) is 9.84 Å². The predicted octanol–water partition coefficient (Wildman–Crippen LogP) is 10.6. The molecule has 1 N–H and O–H groups in total. The summed E-state index contributed by atoms with van der Waals surface area (Å²) in [5.74, 6) is -0.657. The van der Waals surface area contributed by atoms with Gasteiger partial charge in [0.15, 0.2) is 0 Å². The van der Waals surface area contributed by atoms with Crippen LogP contribution >= 0.6 is 15.9 Å². The minimum atomic E-state index is -0.657. The number of carboxylic acids is 1. The molecule has 0 atom stereocenters. The Hall–Kier alpha value is -0.0900. The van der Waals surface area contributed by atoms with Gasteiger partial charge in [0.2, 0.25) is 0 Å². The number of hydrogen-bond donors (Lipinski definition) is 1. The highest BCUT2D eigenvalue weighted by Gasteiger charge is 1.98. The smallest absolute Gasteiger partial charge is 0.303 e. The number of carbonyl (C=O) groups is 1. The highest BCUT2D eigenvalue weighted by atomic mass is 79.9. The van der Waals surface area contributed by atoms with Gasteiger partial charge in [-0.3, -0.25) is 4.79 Å². The number of rotatable bonds is 30. The summed E-state index contributed by atoms with van der Waals surface area (Å²) in [5.41, 5.74) is 0. The molecule has 0 fully saturated rings. The Morgan fingerprint density at radius 3 is 1.00 bits per heavy atom. The maximum absolute atomic E-state index is 10.4. The fourth-order valence-corrected chi connectivity index (χ4v) is 4.99. The first-order chi connectivity index (χ1) is 16.8. The van der Waals surface area contributed by atoms with E-state index in [-0.39, 0.29) is 0 Å². The van der Waals surface area contributed by atoms with Gasteiger partial charge in [0, 0.05) is 25.0 Å². The third-order valence-corrected chi connectivity index (χ3v) is 7.41. The summed E-state index contributed by atoms with van der Waals surface area (Å²) in [4.78, 5) is 10.4. The van der Waals surface area contributed by atoms with Gasteiger partial charge in [0.25, 0.3) is 0 Å². The van der Waals surface area contributed by atoms with Gasteiger partial charge in [-0.15, -0.1) is 0 Å². The zero-order valence-corrected chi connectivity index (χ0v) is 24.2. The van der Waals surface area contributed by atoms with E-state index in [2.05, 4.69) is 15.9 Å². The molecule has 0 aromatic heterocycles. The van der Waals surface area contributed by atoms with E-state index in [1.165, 1.54) is 153 Å². The zero-order chi connectivity index (χ0) is 24.8. The molecule has 204 valence electrons. The highest BCUT2D eigenvalue weighted by molar-refractivity contribution is 9.09. The molecule has 3 nitrogen and oxygen atoms in total. The molecule has 0 aromatic carbocycles. The van der Waals surface area contributed by atoms with E-state index in [0.29, 0.717) is 6.42 Å². The van der Waals surface area contributed by atoms with E-state index in [1.54, 1.807) is 0 Å². The van der Waals surface area contributed by atoms with E-state index in [0.717, 1.165) is 26.1 Å². The highest BCUT2D eigenvalue weighted by Crippen LogP contribution is 2.14. The van der Waals surface area contributed by atoms with Crippen LogP contribution in [0.3, 0.4) is 0 Å². The third-order valence-electron chi connectivity index (χ3n) is 6.85. The molecule has 0 rings (SSSR count). The second kappa shape index (κ2) is 30.9. The Labute approximate surface area is 221 Å². The summed E-state index contributed by atoms with van der Waals surface area (Å²) >= 11 is 3.50. The van der Waals surface area contributed by atoms with Crippen LogP contribution in [0.1, 0.15) is 167 Å². The van der Waals surface area contributed by atoms with Crippen molar-refractivity contribution in [3.63, 3.8) is 0 Å². The molecule has 0 heterocycles. The minimum Gasteiger partial charge on any atom is -0.481 e. The molecule has 0 saturated carbocycles. The second-order valence-electron chi connectivity index (χ2n) is 10.3. The van der Waals surface area contributed by atoms with Crippen LogP contribution < -0.4 is 0 Å². The van der Waals surface area contributed by atoms with Crippen molar-refractivity contribution in [2.75, 3.05) is 18.5 Å². The van der Waals surface area contributed by atoms with Gasteiger partial charge in [-0.05, 0) is 25.7 Å². The first-order valence-electron chi connectivity index (χ1n) is 15.1.